The van der Waals surface area contributed by atoms with E-state index in [1.807, 2.05) is 6.92 Å². The third kappa shape index (κ3) is 25.3. The second-order valence-corrected chi connectivity index (χ2v) is 10.1. The zero-order valence-electron chi connectivity index (χ0n) is 19.2. The molecule has 0 aromatic heterocycles. The van der Waals surface area contributed by atoms with Gasteiger partial charge in [-0.1, -0.05) is 109 Å². The normalized spacial score (nSPS) is 12.0. The number of rotatable bonds is 22. The highest BCUT2D eigenvalue weighted by atomic mass is 28.5. The Labute approximate surface area is 184 Å². The number of unbranched alkanes of at least 4 members (excludes halogenated alkanes) is 17. The van der Waals surface area contributed by atoms with E-state index in [4.69, 9.17) is 4.74 Å². The summed E-state index contributed by atoms with van der Waals surface area (Å²) in [5.74, 6) is -0.239. The highest BCUT2D eigenvalue weighted by Gasteiger charge is 2.35. The molecule has 0 aromatic rings. The molecule has 0 aliphatic rings. The molecule has 178 valence electrons. The minimum Gasteiger partial charge on any atom is -0.463 e. The number of halogens is 3. The van der Waals surface area contributed by atoms with Crippen LogP contribution in [0, 0.1) is 0 Å². The maximum atomic E-state index is 12.2. The molecule has 0 rings (SSSR count). The van der Waals surface area contributed by atoms with Gasteiger partial charge in [-0.2, -0.15) is 0 Å². The fourth-order valence-electron chi connectivity index (χ4n) is 3.61. The molecule has 0 heterocycles. The maximum Gasteiger partial charge on any atom is 0.616 e. The molecule has 0 aliphatic carbocycles. The molecule has 0 aromatic carbocycles. The third-order valence-electron chi connectivity index (χ3n) is 5.40. The molecule has 0 saturated heterocycles. The lowest BCUT2D eigenvalue weighted by molar-refractivity contribution is -0.137. The monoisotopic (exact) mass is 450 g/mol. The molecular formula is C24H45F3O2Si. The molecule has 0 amide bonds. The highest BCUT2D eigenvalue weighted by molar-refractivity contribution is 6.58. The van der Waals surface area contributed by atoms with Crippen molar-refractivity contribution in [1.82, 2.24) is 0 Å². The van der Waals surface area contributed by atoms with E-state index >= 15 is 0 Å². The first-order valence-electron chi connectivity index (χ1n) is 12.3. The van der Waals surface area contributed by atoms with E-state index < -0.39 is 15.1 Å². The first-order chi connectivity index (χ1) is 14.5. The van der Waals surface area contributed by atoms with Gasteiger partial charge in [0.25, 0.3) is 0 Å². The summed E-state index contributed by atoms with van der Waals surface area (Å²) in [6.45, 7) is 2.34. The molecule has 6 heteroatoms. The first-order valence-corrected chi connectivity index (χ1v) is 14.2. The van der Waals surface area contributed by atoms with Crippen LogP contribution >= 0.6 is 0 Å². The molecule has 0 bridgehead atoms. The van der Waals surface area contributed by atoms with Crippen molar-refractivity contribution in [2.45, 2.75) is 129 Å². The van der Waals surface area contributed by atoms with Gasteiger partial charge in [-0.05, 0) is 19.8 Å². The predicted molar refractivity (Wildman–Crippen MR) is 123 cm³/mol. The molecule has 0 spiro atoms. The van der Waals surface area contributed by atoms with Crippen molar-refractivity contribution in [3.63, 3.8) is 0 Å². The number of carbonyl (C=O) groups is 1. The van der Waals surface area contributed by atoms with Gasteiger partial charge in [-0.25, -0.2) is 17.1 Å². The van der Waals surface area contributed by atoms with Gasteiger partial charge in [-0.3, -0.25) is 0 Å². The van der Waals surface area contributed by atoms with Gasteiger partial charge < -0.3 is 4.74 Å². The quantitative estimate of drug-likeness (QED) is 0.0541. The highest BCUT2D eigenvalue weighted by Crippen LogP contribution is 2.20. The van der Waals surface area contributed by atoms with Gasteiger partial charge in [0.05, 0.1) is 6.61 Å². The standard InChI is InChI=1S/C24H45F3O2Si/c1-2-21-24(28)29-22-19-17-15-13-11-9-7-5-3-4-6-8-10-12-14-16-18-20-23-30(25,26)27/h2,21H,3-20,22-23H2,1H3. The molecule has 0 saturated carbocycles. The van der Waals surface area contributed by atoms with Crippen LogP contribution in [0.1, 0.15) is 122 Å². The molecule has 2 nitrogen and oxygen atoms in total. The van der Waals surface area contributed by atoms with Gasteiger partial charge >= 0.3 is 15.0 Å². The minimum absolute atomic E-state index is 0.239. The Morgan fingerprint density at radius 2 is 0.967 bits per heavy atom. The van der Waals surface area contributed by atoms with Crippen molar-refractivity contribution in [3.05, 3.63) is 12.2 Å². The SMILES string of the molecule is CC=CC(=O)OCCCCCCCCCCCCCCCCCCCC[Si](F)(F)F. The van der Waals surface area contributed by atoms with Crippen LogP contribution in [0.4, 0.5) is 12.3 Å². The fourth-order valence-corrected chi connectivity index (χ4v) is 4.26. The Morgan fingerprint density at radius 3 is 1.30 bits per heavy atom. The number of allylic oxidation sites excluding steroid dienone is 1. The lowest BCUT2D eigenvalue weighted by Crippen LogP contribution is -2.13. The lowest BCUT2D eigenvalue weighted by Gasteiger charge is -2.04. The summed E-state index contributed by atoms with van der Waals surface area (Å²) in [6, 6.07) is -0.483. The molecule has 0 atom stereocenters. The zero-order chi connectivity index (χ0) is 22.3. The topological polar surface area (TPSA) is 26.3 Å². The van der Waals surface area contributed by atoms with Crippen LogP contribution in [0.2, 0.25) is 6.04 Å². The lowest BCUT2D eigenvalue weighted by atomic mass is 10.0. The van der Waals surface area contributed by atoms with E-state index in [0.29, 0.717) is 13.0 Å². The largest absolute Gasteiger partial charge is 0.616 e. The second kappa shape index (κ2) is 21.4. The molecule has 0 radical (unpaired) electrons. The van der Waals surface area contributed by atoms with Crippen LogP contribution in [-0.4, -0.2) is 21.7 Å². The van der Waals surface area contributed by atoms with Gasteiger partial charge in [0, 0.05) is 12.1 Å². The van der Waals surface area contributed by atoms with E-state index in [1.54, 1.807) is 6.08 Å². The summed E-state index contributed by atoms with van der Waals surface area (Å²) < 4.78 is 41.5. The maximum absolute atomic E-state index is 12.2. The summed E-state index contributed by atoms with van der Waals surface area (Å²) >= 11 is 0. The Balaban J connectivity index is 3.09. The Morgan fingerprint density at radius 1 is 0.633 bits per heavy atom. The van der Waals surface area contributed by atoms with Crippen LogP contribution < -0.4 is 0 Å². The van der Waals surface area contributed by atoms with Gasteiger partial charge in [-0.15, -0.1) is 0 Å². The summed E-state index contributed by atoms with van der Waals surface area (Å²) in [7, 11) is -5.29. The Bertz CT molecular complexity index is 412. The number of hydrogen-bond donors (Lipinski definition) is 0. The predicted octanol–water partition coefficient (Wildman–Crippen LogP) is 8.97. The molecule has 0 aliphatic heterocycles. The molecule has 0 fully saturated rings. The van der Waals surface area contributed by atoms with Crippen LogP contribution in [-0.2, 0) is 9.53 Å². The van der Waals surface area contributed by atoms with E-state index in [1.165, 1.54) is 83.1 Å². The van der Waals surface area contributed by atoms with E-state index in [2.05, 4.69) is 0 Å². The summed E-state index contributed by atoms with van der Waals surface area (Å²) in [5.41, 5.74) is 0. The first kappa shape index (κ1) is 29.2. The van der Waals surface area contributed by atoms with E-state index in [0.717, 1.165) is 32.1 Å². The van der Waals surface area contributed by atoms with Crippen LogP contribution in [0.3, 0.4) is 0 Å². The van der Waals surface area contributed by atoms with E-state index in [-0.39, 0.29) is 5.97 Å². The van der Waals surface area contributed by atoms with Gasteiger partial charge in [0.15, 0.2) is 0 Å². The van der Waals surface area contributed by atoms with Crippen LogP contribution in [0.5, 0.6) is 0 Å². The minimum atomic E-state index is -5.29. The van der Waals surface area contributed by atoms with Crippen molar-refractivity contribution in [3.8, 4) is 0 Å². The van der Waals surface area contributed by atoms with Crippen molar-refractivity contribution in [2.75, 3.05) is 6.61 Å². The average Bonchev–Trinajstić information content (AvgIpc) is 2.68. The number of hydrogen-bond acceptors (Lipinski definition) is 2. The fraction of sp³-hybridized carbons (Fsp3) is 0.875. The average molecular weight is 451 g/mol. The van der Waals surface area contributed by atoms with Crippen molar-refractivity contribution < 1.29 is 21.9 Å². The third-order valence-corrected chi connectivity index (χ3v) is 6.32. The van der Waals surface area contributed by atoms with Crippen LogP contribution in [0.15, 0.2) is 12.2 Å². The van der Waals surface area contributed by atoms with Crippen molar-refractivity contribution in [2.24, 2.45) is 0 Å². The number of carbonyl (C=O) groups excluding carboxylic acids is 1. The Hall–Kier alpha value is -0.783. The molecule has 30 heavy (non-hydrogen) atoms. The van der Waals surface area contributed by atoms with Crippen molar-refractivity contribution in [1.29, 1.82) is 0 Å². The molecular weight excluding hydrogens is 405 g/mol. The number of esters is 1. The van der Waals surface area contributed by atoms with Gasteiger partial charge in [0.2, 0.25) is 0 Å². The Kier molecular flexibility index (Phi) is 20.9. The summed E-state index contributed by atoms with van der Waals surface area (Å²) in [4.78, 5) is 11.1. The molecule has 0 unspecified atom stereocenters. The van der Waals surface area contributed by atoms with Crippen LogP contribution in [0.25, 0.3) is 0 Å². The summed E-state index contributed by atoms with van der Waals surface area (Å²) in [6.07, 6.45) is 23.9. The second-order valence-electron chi connectivity index (χ2n) is 8.40. The zero-order valence-corrected chi connectivity index (χ0v) is 20.2. The van der Waals surface area contributed by atoms with E-state index in [9.17, 15) is 17.1 Å². The summed E-state index contributed by atoms with van der Waals surface area (Å²) in [5, 5.41) is 0. The van der Waals surface area contributed by atoms with Crippen molar-refractivity contribution >= 4 is 15.0 Å². The smallest absolute Gasteiger partial charge is 0.463 e. The number of ether oxygens (including phenoxy) is 1. The molecule has 0 N–H and O–H groups in total. The van der Waals surface area contributed by atoms with Gasteiger partial charge in [0.1, 0.15) is 0 Å².